The van der Waals surface area contributed by atoms with E-state index >= 15 is 0 Å². The number of aryl methyl sites for hydroxylation is 3. The van der Waals surface area contributed by atoms with Gasteiger partial charge in [0.05, 0.1) is 5.25 Å². The lowest BCUT2D eigenvalue weighted by atomic mass is 9.89. The van der Waals surface area contributed by atoms with Crippen LogP contribution in [-0.4, -0.2) is 27.7 Å². The fourth-order valence-electron chi connectivity index (χ4n) is 3.40. The first-order chi connectivity index (χ1) is 12.0. The summed E-state index contributed by atoms with van der Waals surface area (Å²) in [6, 6.07) is 0. The summed E-state index contributed by atoms with van der Waals surface area (Å²) >= 11 is 3.26. The van der Waals surface area contributed by atoms with E-state index in [2.05, 4.69) is 29.1 Å². The Kier molecular flexibility index (Phi) is 6.00. The molecule has 0 spiro atoms. The van der Waals surface area contributed by atoms with Crippen LogP contribution in [0, 0.1) is 26.7 Å². The second kappa shape index (κ2) is 8.04. The van der Waals surface area contributed by atoms with Crippen LogP contribution in [0.4, 0.5) is 0 Å². The lowest BCUT2D eigenvalue weighted by molar-refractivity contribution is -0.120. The molecule has 136 valence electrons. The number of hydrogen-bond acceptors (Lipinski definition) is 5. The first-order valence-electron chi connectivity index (χ1n) is 9.14. The van der Waals surface area contributed by atoms with Crippen LogP contribution in [0.25, 0.3) is 10.2 Å². The summed E-state index contributed by atoms with van der Waals surface area (Å²) in [6.07, 6.45) is 6.46. The van der Waals surface area contributed by atoms with Crippen molar-refractivity contribution in [2.45, 2.75) is 70.1 Å². The molecule has 1 aliphatic rings. The third kappa shape index (κ3) is 4.34. The van der Waals surface area contributed by atoms with Crippen molar-refractivity contribution in [1.29, 1.82) is 0 Å². The largest absolute Gasteiger partial charge is 0.355 e. The van der Waals surface area contributed by atoms with Gasteiger partial charge < -0.3 is 5.32 Å². The molecule has 0 aromatic carbocycles. The minimum absolute atomic E-state index is 0.115. The van der Waals surface area contributed by atoms with Gasteiger partial charge >= 0.3 is 0 Å². The molecule has 4 nitrogen and oxygen atoms in total. The van der Waals surface area contributed by atoms with Gasteiger partial charge in [0.2, 0.25) is 5.91 Å². The molecule has 0 radical (unpaired) electrons. The van der Waals surface area contributed by atoms with Gasteiger partial charge in [0.25, 0.3) is 0 Å². The summed E-state index contributed by atoms with van der Waals surface area (Å²) in [5.41, 5.74) is 1.23. The average molecular weight is 378 g/mol. The molecular formula is C19H27N3OS2. The van der Waals surface area contributed by atoms with Gasteiger partial charge in [-0.3, -0.25) is 4.79 Å². The van der Waals surface area contributed by atoms with Crippen molar-refractivity contribution in [1.82, 2.24) is 15.3 Å². The number of fused-ring (bicyclic) bond motifs is 1. The first-order valence-corrected chi connectivity index (χ1v) is 10.8. The Balaban J connectivity index is 1.68. The number of carbonyl (C=O) groups is 1. The Morgan fingerprint density at radius 1 is 1.24 bits per heavy atom. The van der Waals surface area contributed by atoms with Crippen molar-refractivity contribution in [2.75, 3.05) is 6.54 Å². The van der Waals surface area contributed by atoms with E-state index in [-0.39, 0.29) is 11.2 Å². The van der Waals surface area contributed by atoms with E-state index in [1.807, 2.05) is 13.8 Å². The number of thioether (sulfide) groups is 1. The van der Waals surface area contributed by atoms with Gasteiger partial charge in [-0.2, -0.15) is 0 Å². The van der Waals surface area contributed by atoms with Crippen molar-refractivity contribution in [3.05, 3.63) is 16.3 Å². The molecule has 1 N–H and O–H groups in total. The SMILES string of the molecule is Cc1nc(S[C@@H](C)C(=O)NCC2CCCCC2)c2c(C)c(C)sc2n1. The van der Waals surface area contributed by atoms with Crippen LogP contribution in [0.5, 0.6) is 0 Å². The van der Waals surface area contributed by atoms with E-state index < -0.39 is 0 Å². The molecule has 25 heavy (non-hydrogen) atoms. The quantitative estimate of drug-likeness (QED) is 0.601. The zero-order valence-electron chi connectivity index (χ0n) is 15.5. The highest BCUT2D eigenvalue weighted by atomic mass is 32.2. The molecule has 3 rings (SSSR count). The minimum Gasteiger partial charge on any atom is -0.355 e. The monoisotopic (exact) mass is 377 g/mol. The summed E-state index contributed by atoms with van der Waals surface area (Å²) in [5, 5.41) is 5.05. The molecule has 2 aromatic rings. The molecule has 1 saturated carbocycles. The number of thiophene rings is 1. The van der Waals surface area contributed by atoms with Gasteiger partial charge in [-0.1, -0.05) is 31.0 Å². The maximum atomic E-state index is 12.5. The normalized spacial score (nSPS) is 17.0. The molecule has 2 aromatic heterocycles. The van der Waals surface area contributed by atoms with E-state index in [9.17, 15) is 4.79 Å². The fraction of sp³-hybridized carbons (Fsp3) is 0.632. The highest BCUT2D eigenvalue weighted by Crippen LogP contribution is 2.36. The Morgan fingerprint density at radius 3 is 2.68 bits per heavy atom. The lowest BCUT2D eigenvalue weighted by Gasteiger charge is -2.22. The highest BCUT2D eigenvalue weighted by Gasteiger charge is 2.21. The van der Waals surface area contributed by atoms with Crippen molar-refractivity contribution >= 4 is 39.2 Å². The number of hydrogen-bond donors (Lipinski definition) is 1. The first kappa shape index (κ1) is 18.6. The summed E-state index contributed by atoms with van der Waals surface area (Å²) in [6.45, 7) is 8.94. The number of nitrogens with one attached hydrogen (secondary N) is 1. The predicted molar refractivity (Wildman–Crippen MR) is 107 cm³/mol. The predicted octanol–water partition coefficient (Wildman–Crippen LogP) is 4.79. The van der Waals surface area contributed by atoms with Crippen LogP contribution in [0.3, 0.4) is 0 Å². The van der Waals surface area contributed by atoms with Gasteiger partial charge in [-0.05, 0) is 52.0 Å². The molecule has 1 atom stereocenters. The van der Waals surface area contributed by atoms with Crippen molar-refractivity contribution in [3.8, 4) is 0 Å². The third-order valence-corrected chi connectivity index (χ3v) is 7.24. The van der Waals surface area contributed by atoms with Crippen LogP contribution in [-0.2, 0) is 4.79 Å². The molecule has 6 heteroatoms. The number of rotatable bonds is 5. The molecule has 1 amide bonds. The van der Waals surface area contributed by atoms with Crippen molar-refractivity contribution in [2.24, 2.45) is 5.92 Å². The van der Waals surface area contributed by atoms with E-state index in [1.165, 1.54) is 42.5 Å². The third-order valence-electron chi connectivity index (χ3n) is 5.05. The van der Waals surface area contributed by atoms with Crippen molar-refractivity contribution in [3.63, 3.8) is 0 Å². The van der Waals surface area contributed by atoms with Gasteiger partial charge in [-0.15, -0.1) is 11.3 Å². The van der Waals surface area contributed by atoms with Gasteiger partial charge in [0.1, 0.15) is 15.7 Å². The standard InChI is InChI=1S/C19H27N3OS2/c1-11-12(2)24-18-16(11)19(22-14(4)21-18)25-13(3)17(23)20-10-15-8-6-5-7-9-15/h13,15H,5-10H2,1-4H3,(H,20,23)/t13-/m0/s1. The molecule has 2 heterocycles. The zero-order chi connectivity index (χ0) is 18.0. The van der Waals surface area contributed by atoms with Crippen LogP contribution in [0.1, 0.15) is 55.3 Å². The Morgan fingerprint density at radius 2 is 1.96 bits per heavy atom. The lowest BCUT2D eigenvalue weighted by Crippen LogP contribution is -2.35. The maximum Gasteiger partial charge on any atom is 0.233 e. The van der Waals surface area contributed by atoms with Gasteiger partial charge in [-0.25, -0.2) is 9.97 Å². The average Bonchev–Trinajstić information content (AvgIpc) is 2.87. The summed E-state index contributed by atoms with van der Waals surface area (Å²) in [4.78, 5) is 24.0. The number of nitrogens with zero attached hydrogens (tertiary/aromatic N) is 2. The molecular weight excluding hydrogens is 350 g/mol. The summed E-state index contributed by atoms with van der Waals surface area (Å²) < 4.78 is 0. The molecule has 1 aliphatic carbocycles. The van der Waals surface area contributed by atoms with Crippen LogP contribution >= 0.6 is 23.1 Å². The van der Waals surface area contributed by atoms with E-state index in [0.717, 1.165) is 27.6 Å². The van der Waals surface area contributed by atoms with E-state index in [1.54, 1.807) is 23.1 Å². The molecule has 1 fully saturated rings. The highest BCUT2D eigenvalue weighted by molar-refractivity contribution is 8.00. The maximum absolute atomic E-state index is 12.5. The van der Waals surface area contributed by atoms with Crippen LogP contribution < -0.4 is 5.32 Å². The van der Waals surface area contributed by atoms with Gasteiger partial charge in [0, 0.05) is 16.8 Å². The number of amides is 1. The van der Waals surface area contributed by atoms with E-state index in [4.69, 9.17) is 0 Å². The fourth-order valence-corrected chi connectivity index (χ4v) is 5.62. The second-order valence-electron chi connectivity index (χ2n) is 7.05. The summed E-state index contributed by atoms with van der Waals surface area (Å²) in [5.74, 6) is 1.54. The molecule has 0 unspecified atom stereocenters. The topological polar surface area (TPSA) is 54.9 Å². The van der Waals surface area contributed by atoms with Crippen molar-refractivity contribution < 1.29 is 4.79 Å². The molecule has 0 bridgehead atoms. The Hall–Kier alpha value is -1.14. The summed E-state index contributed by atoms with van der Waals surface area (Å²) in [7, 11) is 0. The van der Waals surface area contributed by atoms with Crippen LogP contribution in [0.15, 0.2) is 5.03 Å². The molecule has 0 aliphatic heterocycles. The van der Waals surface area contributed by atoms with Gasteiger partial charge in [0.15, 0.2) is 0 Å². The van der Waals surface area contributed by atoms with E-state index in [0.29, 0.717) is 5.92 Å². The smallest absolute Gasteiger partial charge is 0.233 e. The number of aromatic nitrogens is 2. The number of carbonyl (C=O) groups excluding carboxylic acids is 1. The Bertz CT molecular complexity index is 766. The van der Waals surface area contributed by atoms with Crippen LogP contribution in [0.2, 0.25) is 0 Å². The second-order valence-corrected chi connectivity index (χ2v) is 9.58. The zero-order valence-corrected chi connectivity index (χ0v) is 17.1. The minimum atomic E-state index is -0.152. The molecule has 0 saturated heterocycles. The Labute approximate surface area is 158 Å².